The van der Waals surface area contributed by atoms with E-state index in [1.54, 1.807) is 12.2 Å². The highest BCUT2D eigenvalue weighted by atomic mass is 32.2. The van der Waals surface area contributed by atoms with E-state index in [0.29, 0.717) is 10.6 Å². The standard InChI is InChI=1S/C22H20N2O3S/c1-15-11-16(2)13-18(12-15)23-20(25)14-24-21(26)19(28-22(24)27)10-6-9-17-7-4-3-5-8-17/h3-13H,14H2,1-2H3,(H,23,25)/b9-6+,19-10+. The Kier molecular flexibility index (Phi) is 6.11. The van der Waals surface area contributed by atoms with Crippen molar-refractivity contribution in [2.45, 2.75) is 13.8 Å². The van der Waals surface area contributed by atoms with Gasteiger partial charge in [0, 0.05) is 5.69 Å². The first-order valence-electron chi connectivity index (χ1n) is 8.77. The third-order valence-corrected chi connectivity index (χ3v) is 4.94. The van der Waals surface area contributed by atoms with E-state index in [1.165, 1.54) is 0 Å². The number of hydrogen-bond acceptors (Lipinski definition) is 4. The first kappa shape index (κ1) is 19.6. The Hall–Kier alpha value is -3.12. The summed E-state index contributed by atoms with van der Waals surface area (Å²) in [7, 11) is 0. The van der Waals surface area contributed by atoms with Crippen LogP contribution in [0.4, 0.5) is 10.5 Å². The summed E-state index contributed by atoms with van der Waals surface area (Å²) in [6.45, 7) is 3.57. The molecule has 1 saturated heterocycles. The van der Waals surface area contributed by atoms with Gasteiger partial charge in [-0.25, -0.2) is 0 Å². The zero-order chi connectivity index (χ0) is 20.1. The van der Waals surface area contributed by atoms with Gasteiger partial charge in [-0.1, -0.05) is 48.6 Å². The molecule has 6 heteroatoms. The van der Waals surface area contributed by atoms with E-state index in [9.17, 15) is 14.4 Å². The minimum Gasteiger partial charge on any atom is -0.325 e. The Morgan fingerprint density at radius 1 is 1.07 bits per heavy atom. The zero-order valence-corrected chi connectivity index (χ0v) is 16.5. The lowest BCUT2D eigenvalue weighted by Gasteiger charge is -2.13. The maximum atomic E-state index is 12.5. The van der Waals surface area contributed by atoms with Gasteiger partial charge in [0.15, 0.2) is 0 Å². The van der Waals surface area contributed by atoms with Crippen LogP contribution in [0.3, 0.4) is 0 Å². The van der Waals surface area contributed by atoms with Crippen molar-refractivity contribution in [1.82, 2.24) is 4.90 Å². The Morgan fingerprint density at radius 2 is 1.75 bits per heavy atom. The Bertz CT molecular complexity index is 960. The summed E-state index contributed by atoms with van der Waals surface area (Å²) in [6, 6.07) is 15.3. The highest BCUT2D eigenvalue weighted by Gasteiger charge is 2.35. The van der Waals surface area contributed by atoms with E-state index in [1.807, 2.05) is 68.5 Å². The lowest BCUT2D eigenvalue weighted by molar-refractivity contribution is -0.127. The number of anilines is 1. The van der Waals surface area contributed by atoms with Crippen LogP contribution in [0.15, 0.2) is 65.6 Å². The Morgan fingerprint density at radius 3 is 2.43 bits per heavy atom. The summed E-state index contributed by atoms with van der Waals surface area (Å²) in [5.74, 6) is -0.864. The Balaban J connectivity index is 1.64. The minimum atomic E-state index is -0.455. The number of allylic oxidation sites excluding steroid dienone is 2. The molecule has 0 radical (unpaired) electrons. The molecule has 0 unspecified atom stereocenters. The van der Waals surface area contributed by atoms with Crippen molar-refractivity contribution < 1.29 is 14.4 Å². The largest absolute Gasteiger partial charge is 0.325 e. The predicted octanol–water partition coefficient (Wildman–Crippen LogP) is 4.53. The van der Waals surface area contributed by atoms with Crippen LogP contribution >= 0.6 is 11.8 Å². The number of thioether (sulfide) groups is 1. The molecule has 1 heterocycles. The van der Waals surface area contributed by atoms with Crippen LogP contribution in [0, 0.1) is 13.8 Å². The lowest BCUT2D eigenvalue weighted by atomic mass is 10.1. The molecule has 1 N–H and O–H groups in total. The molecule has 0 aliphatic carbocycles. The molecule has 1 aliphatic rings. The van der Waals surface area contributed by atoms with Gasteiger partial charge in [0.2, 0.25) is 5.91 Å². The molecule has 0 bridgehead atoms. The maximum absolute atomic E-state index is 12.5. The second kappa shape index (κ2) is 8.71. The molecule has 28 heavy (non-hydrogen) atoms. The van der Waals surface area contributed by atoms with E-state index in [2.05, 4.69) is 5.32 Å². The molecule has 1 aliphatic heterocycles. The Labute approximate surface area is 168 Å². The lowest BCUT2D eigenvalue weighted by Crippen LogP contribution is -2.36. The fourth-order valence-electron chi connectivity index (χ4n) is 2.85. The number of aryl methyl sites for hydroxylation is 2. The van der Waals surface area contributed by atoms with Crippen molar-refractivity contribution in [3.63, 3.8) is 0 Å². The molecular weight excluding hydrogens is 372 g/mol. The maximum Gasteiger partial charge on any atom is 0.294 e. The third kappa shape index (κ3) is 4.98. The number of rotatable bonds is 5. The number of carbonyl (C=O) groups excluding carboxylic acids is 3. The van der Waals surface area contributed by atoms with E-state index in [0.717, 1.165) is 33.4 Å². The highest BCUT2D eigenvalue weighted by Crippen LogP contribution is 2.30. The molecular formula is C22H20N2O3S. The second-order valence-corrected chi connectivity index (χ2v) is 7.48. The van der Waals surface area contributed by atoms with Crippen molar-refractivity contribution in [3.05, 3.63) is 82.3 Å². The molecule has 0 aromatic heterocycles. The van der Waals surface area contributed by atoms with E-state index in [-0.39, 0.29) is 6.54 Å². The number of carbonyl (C=O) groups is 3. The van der Waals surface area contributed by atoms with Gasteiger partial charge in [-0.3, -0.25) is 19.3 Å². The number of amides is 3. The van der Waals surface area contributed by atoms with Gasteiger partial charge in [0.05, 0.1) is 4.91 Å². The number of imide groups is 1. The number of nitrogens with one attached hydrogen (secondary N) is 1. The number of hydrogen-bond donors (Lipinski definition) is 1. The fraction of sp³-hybridized carbons (Fsp3) is 0.136. The van der Waals surface area contributed by atoms with Crippen LogP contribution in [-0.2, 0) is 9.59 Å². The smallest absolute Gasteiger partial charge is 0.294 e. The van der Waals surface area contributed by atoms with Gasteiger partial charge in [0.25, 0.3) is 11.1 Å². The summed E-state index contributed by atoms with van der Waals surface area (Å²) < 4.78 is 0. The predicted molar refractivity (Wildman–Crippen MR) is 113 cm³/mol. The van der Waals surface area contributed by atoms with E-state index < -0.39 is 17.1 Å². The SMILES string of the molecule is Cc1cc(C)cc(NC(=O)CN2C(=O)S/C(=C/C=C/c3ccccc3)C2=O)c1. The second-order valence-electron chi connectivity index (χ2n) is 6.48. The molecule has 3 rings (SSSR count). The summed E-state index contributed by atoms with van der Waals surface area (Å²) in [4.78, 5) is 38.2. The van der Waals surface area contributed by atoms with Gasteiger partial charge in [-0.2, -0.15) is 0 Å². The van der Waals surface area contributed by atoms with Gasteiger partial charge < -0.3 is 5.32 Å². The zero-order valence-electron chi connectivity index (χ0n) is 15.6. The molecule has 0 saturated carbocycles. The van der Waals surface area contributed by atoms with Crippen LogP contribution in [0.5, 0.6) is 0 Å². The minimum absolute atomic E-state index is 0.302. The van der Waals surface area contributed by atoms with Crippen molar-refractivity contribution in [2.75, 3.05) is 11.9 Å². The van der Waals surface area contributed by atoms with Crippen LogP contribution in [0.1, 0.15) is 16.7 Å². The molecule has 3 amide bonds. The molecule has 0 atom stereocenters. The average Bonchev–Trinajstić information content (AvgIpc) is 2.89. The van der Waals surface area contributed by atoms with Crippen LogP contribution in [0.2, 0.25) is 0 Å². The first-order chi connectivity index (χ1) is 13.4. The van der Waals surface area contributed by atoms with Crippen molar-refractivity contribution in [2.24, 2.45) is 0 Å². The van der Waals surface area contributed by atoms with Gasteiger partial charge in [-0.15, -0.1) is 0 Å². The van der Waals surface area contributed by atoms with E-state index in [4.69, 9.17) is 0 Å². The fourth-order valence-corrected chi connectivity index (χ4v) is 3.64. The highest BCUT2D eigenvalue weighted by molar-refractivity contribution is 8.18. The van der Waals surface area contributed by atoms with Gasteiger partial charge in [-0.05, 0) is 60.5 Å². The van der Waals surface area contributed by atoms with Gasteiger partial charge >= 0.3 is 0 Å². The average molecular weight is 392 g/mol. The van der Waals surface area contributed by atoms with E-state index >= 15 is 0 Å². The van der Waals surface area contributed by atoms with Crippen molar-refractivity contribution >= 4 is 40.6 Å². The monoisotopic (exact) mass is 392 g/mol. The third-order valence-electron chi connectivity index (χ3n) is 4.02. The van der Waals surface area contributed by atoms with Crippen LogP contribution < -0.4 is 5.32 Å². The molecule has 2 aromatic rings. The van der Waals surface area contributed by atoms with Crippen molar-refractivity contribution in [1.29, 1.82) is 0 Å². The normalized spacial score (nSPS) is 15.6. The number of nitrogens with zero attached hydrogens (tertiary/aromatic N) is 1. The first-order valence-corrected chi connectivity index (χ1v) is 9.59. The molecule has 2 aromatic carbocycles. The quantitative estimate of drug-likeness (QED) is 0.759. The summed E-state index contributed by atoms with van der Waals surface area (Å²) in [5.41, 5.74) is 3.69. The van der Waals surface area contributed by atoms with Crippen molar-refractivity contribution in [3.8, 4) is 0 Å². The molecule has 142 valence electrons. The van der Waals surface area contributed by atoms with Gasteiger partial charge in [0.1, 0.15) is 6.54 Å². The molecule has 5 nitrogen and oxygen atoms in total. The molecule has 0 spiro atoms. The molecule has 1 fully saturated rings. The summed E-state index contributed by atoms with van der Waals surface area (Å²) in [5, 5.41) is 2.30. The van der Waals surface area contributed by atoms with Crippen LogP contribution in [-0.4, -0.2) is 28.5 Å². The summed E-state index contributed by atoms with van der Waals surface area (Å²) in [6.07, 6.45) is 5.17. The topological polar surface area (TPSA) is 66.5 Å². The number of benzene rings is 2. The summed E-state index contributed by atoms with van der Waals surface area (Å²) >= 11 is 0.837. The van der Waals surface area contributed by atoms with Crippen LogP contribution in [0.25, 0.3) is 6.08 Å².